The molecule has 1 saturated heterocycles. The standard InChI is InChI=1S/C27H30ClN5O4S/c1-19-18-37-16-15-33(19)24-17-23(27(11-12-27)38(35,36)22-5-3-2-4-6-22)31-25(32-24)20-7-9-21(10-8-20)30-26(34)29-14-13-28/h2-10,17,19H,11-16,18H2,1H3,(H2,29,30,34)/t19-/m0/s1. The second kappa shape index (κ2) is 10.9. The first-order valence-electron chi connectivity index (χ1n) is 12.6. The van der Waals surface area contributed by atoms with Crippen LogP contribution in [-0.4, -0.2) is 62.6 Å². The van der Waals surface area contributed by atoms with Crippen LogP contribution in [0.15, 0.2) is 65.6 Å². The molecule has 3 aromatic rings. The molecule has 9 nitrogen and oxygen atoms in total. The van der Waals surface area contributed by atoms with Crippen LogP contribution in [0.3, 0.4) is 0 Å². The number of anilines is 2. The SMILES string of the molecule is C[C@H]1COCCN1c1cc(C2(S(=O)(=O)c3ccccc3)CC2)nc(-c2ccc(NC(=O)NCCCl)cc2)n1. The Hall–Kier alpha value is -3.21. The van der Waals surface area contributed by atoms with Crippen molar-refractivity contribution in [1.29, 1.82) is 0 Å². The molecule has 2 N–H and O–H groups in total. The number of nitrogens with zero attached hydrogens (tertiary/aromatic N) is 3. The van der Waals surface area contributed by atoms with E-state index in [2.05, 4.69) is 22.5 Å². The van der Waals surface area contributed by atoms with Gasteiger partial charge in [-0.25, -0.2) is 23.2 Å². The van der Waals surface area contributed by atoms with Crippen LogP contribution >= 0.6 is 11.6 Å². The fraction of sp³-hybridized carbons (Fsp3) is 0.370. The molecule has 2 aromatic carbocycles. The number of alkyl halides is 1. The zero-order valence-electron chi connectivity index (χ0n) is 21.1. The summed E-state index contributed by atoms with van der Waals surface area (Å²) in [7, 11) is -3.67. The van der Waals surface area contributed by atoms with E-state index in [0.717, 1.165) is 0 Å². The number of hydrogen-bond acceptors (Lipinski definition) is 7. The normalized spacial score (nSPS) is 18.6. The van der Waals surface area contributed by atoms with Crippen LogP contribution in [0.25, 0.3) is 11.4 Å². The number of carbonyl (C=O) groups excluding carboxylic acids is 1. The molecule has 11 heteroatoms. The Labute approximate surface area is 227 Å². The van der Waals surface area contributed by atoms with E-state index in [0.29, 0.717) is 78.5 Å². The van der Waals surface area contributed by atoms with Crippen molar-refractivity contribution in [3.63, 3.8) is 0 Å². The van der Waals surface area contributed by atoms with Crippen LogP contribution < -0.4 is 15.5 Å². The quantitative estimate of drug-likeness (QED) is 0.401. The van der Waals surface area contributed by atoms with E-state index in [1.165, 1.54) is 0 Å². The predicted octanol–water partition coefficient (Wildman–Crippen LogP) is 4.19. The van der Waals surface area contributed by atoms with Gasteiger partial charge in [0.1, 0.15) is 10.6 Å². The minimum atomic E-state index is -3.67. The number of halogens is 1. The van der Waals surface area contributed by atoms with Crippen molar-refractivity contribution in [2.75, 3.05) is 42.4 Å². The van der Waals surface area contributed by atoms with Gasteiger partial charge in [0.2, 0.25) is 0 Å². The number of benzene rings is 2. The average Bonchev–Trinajstić information content (AvgIpc) is 3.76. The number of rotatable bonds is 8. The van der Waals surface area contributed by atoms with Gasteiger partial charge in [-0.2, -0.15) is 0 Å². The molecule has 0 bridgehead atoms. The maximum atomic E-state index is 13.8. The van der Waals surface area contributed by atoms with E-state index >= 15 is 0 Å². The summed E-state index contributed by atoms with van der Waals surface area (Å²) in [5, 5.41) is 5.41. The molecule has 1 saturated carbocycles. The molecule has 200 valence electrons. The molecule has 1 atom stereocenters. The van der Waals surface area contributed by atoms with Gasteiger partial charge in [-0.3, -0.25) is 0 Å². The van der Waals surface area contributed by atoms with Gasteiger partial charge in [-0.15, -0.1) is 11.6 Å². The number of aromatic nitrogens is 2. The molecule has 2 amide bonds. The summed E-state index contributed by atoms with van der Waals surface area (Å²) in [4.78, 5) is 24.1. The van der Waals surface area contributed by atoms with Crippen LogP contribution in [0, 0.1) is 0 Å². The highest BCUT2D eigenvalue weighted by Gasteiger charge is 2.58. The minimum Gasteiger partial charge on any atom is -0.377 e. The summed E-state index contributed by atoms with van der Waals surface area (Å²) in [6, 6.07) is 17.3. The van der Waals surface area contributed by atoms with Crippen molar-refractivity contribution in [3.05, 3.63) is 66.4 Å². The van der Waals surface area contributed by atoms with Crippen LogP contribution in [-0.2, 0) is 19.3 Å². The summed E-state index contributed by atoms with van der Waals surface area (Å²) in [5.41, 5.74) is 1.82. The topological polar surface area (TPSA) is 114 Å². The predicted molar refractivity (Wildman–Crippen MR) is 147 cm³/mol. The number of carbonyl (C=O) groups is 1. The highest BCUT2D eigenvalue weighted by molar-refractivity contribution is 7.92. The molecular weight excluding hydrogens is 526 g/mol. The third-order valence-corrected chi connectivity index (χ3v) is 9.62. The fourth-order valence-electron chi connectivity index (χ4n) is 4.65. The molecule has 5 rings (SSSR count). The van der Waals surface area contributed by atoms with Crippen molar-refractivity contribution < 1.29 is 17.9 Å². The number of morpholine rings is 1. The lowest BCUT2D eigenvalue weighted by Gasteiger charge is -2.34. The molecule has 1 aliphatic heterocycles. The van der Waals surface area contributed by atoms with Crippen molar-refractivity contribution >= 4 is 39.0 Å². The second-order valence-electron chi connectivity index (χ2n) is 9.51. The number of urea groups is 1. The third-order valence-electron chi connectivity index (χ3n) is 6.89. The van der Waals surface area contributed by atoms with Gasteiger partial charge in [-0.05, 0) is 56.2 Å². The Balaban J connectivity index is 1.53. The van der Waals surface area contributed by atoms with E-state index in [1.807, 2.05) is 18.2 Å². The maximum Gasteiger partial charge on any atom is 0.319 e. The monoisotopic (exact) mass is 555 g/mol. The second-order valence-corrected chi connectivity index (χ2v) is 12.1. The number of amides is 2. The Morgan fingerprint density at radius 3 is 2.53 bits per heavy atom. The van der Waals surface area contributed by atoms with Gasteiger partial charge in [0, 0.05) is 36.3 Å². The number of ether oxygens (including phenoxy) is 1. The summed E-state index contributed by atoms with van der Waals surface area (Å²) < 4.78 is 32.1. The van der Waals surface area contributed by atoms with E-state index < -0.39 is 14.6 Å². The van der Waals surface area contributed by atoms with Gasteiger partial charge in [0.15, 0.2) is 15.7 Å². The molecule has 2 fully saturated rings. The third kappa shape index (κ3) is 5.21. The zero-order chi connectivity index (χ0) is 26.8. The minimum absolute atomic E-state index is 0.0818. The van der Waals surface area contributed by atoms with Gasteiger partial charge in [0.25, 0.3) is 0 Å². The van der Waals surface area contributed by atoms with E-state index in [4.69, 9.17) is 26.3 Å². The van der Waals surface area contributed by atoms with Gasteiger partial charge < -0.3 is 20.3 Å². The Morgan fingerprint density at radius 1 is 1.13 bits per heavy atom. The first kappa shape index (κ1) is 26.4. The number of nitrogens with one attached hydrogen (secondary N) is 2. The number of hydrogen-bond donors (Lipinski definition) is 2. The summed E-state index contributed by atoms with van der Waals surface area (Å²) in [5.74, 6) is 1.44. The molecule has 0 unspecified atom stereocenters. The summed E-state index contributed by atoms with van der Waals surface area (Å²) in [6.07, 6.45) is 0.998. The summed E-state index contributed by atoms with van der Waals surface area (Å²) in [6.45, 7) is 4.20. The molecule has 38 heavy (non-hydrogen) atoms. The van der Waals surface area contributed by atoms with Gasteiger partial charge in [-0.1, -0.05) is 18.2 Å². The van der Waals surface area contributed by atoms with E-state index in [-0.39, 0.29) is 12.1 Å². The van der Waals surface area contributed by atoms with E-state index in [1.54, 1.807) is 42.5 Å². The highest BCUT2D eigenvalue weighted by atomic mass is 35.5. The molecule has 2 heterocycles. The molecule has 0 radical (unpaired) electrons. The lowest BCUT2D eigenvalue weighted by molar-refractivity contribution is 0.0985. The van der Waals surface area contributed by atoms with Crippen molar-refractivity contribution in [1.82, 2.24) is 15.3 Å². The largest absolute Gasteiger partial charge is 0.377 e. The average molecular weight is 556 g/mol. The van der Waals surface area contributed by atoms with E-state index in [9.17, 15) is 13.2 Å². The smallest absolute Gasteiger partial charge is 0.319 e. The molecule has 2 aliphatic rings. The van der Waals surface area contributed by atoms with Crippen molar-refractivity contribution in [2.24, 2.45) is 0 Å². The number of sulfone groups is 1. The molecule has 0 spiro atoms. The van der Waals surface area contributed by atoms with Crippen LogP contribution in [0.1, 0.15) is 25.5 Å². The first-order valence-corrected chi connectivity index (χ1v) is 14.6. The molecule has 1 aromatic heterocycles. The fourth-order valence-corrected chi connectivity index (χ4v) is 6.73. The summed E-state index contributed by atoms with van der Waals surface area (Å²) >= 11 is 5.62. The lowest BCUT2D eigenvalue weighted by atomic mass is 10.1. The van der Waals surface area contributed by atoms with Crippen LogP contribution in [0.5, 0.6) is 0 Å². The zero-order valence-corrected chi connectivity index (χ0v) is 22.6. The molecule has 1 aliphatic carbocycles. The Morgan fingerprint density at radius 2 is 1.87 bits per heavy atom. The highest BCUT2D eigenvalue weighted by Crippen LogP contribution is 2.55. The molecular formula is C27H30ClN5O4S. The van der Waals surface area contributed by atoms with Gasteiger partial charge >= 0.3 is 6.03 Å². The van der Waals surface area contributed by atoms with Crippen LogP contribution in [0.4, 0.5) is 16.3 Å². The van der Waals surface area contributed by atoms with Crippen molar-refractivity contribution in [2.45, 2.75) is 35.4 Å². The Kier molecular flexibility index (Phi) is 7.56. The first-order chi connectivity index (χ1) is 18.3. The Bertz CT molecular complexity index is 1400. The van der Waals surface area contributed by atoms with Crippen LogP contribution in [0.2, 0.25) is 0 Å². The maximum absolute atomic E-state index is 13.8. The van der Waals surface area contributed by atoms with Gasteiger partial charge in [0.05, 0.1) is 29.8 Å². The lowest BCUT2D eigenvalue weighted by Crippen LogP contribution is -2.44. The van der Waals surface area contributed by atoms with Crippen molar-refractivity contribution in [3.8, 4) is 11.4 Å².